The van der Waals surface area contributed by atoms with Gasteiger partial charge in [-0.3, -0.25) is 4.79 Å². The molecule has 1 aliphatic carbocycles. The minimum atomic E-state index is 0.0253. The van der Waals surface area contributed by atoms with Crippen molar-refractivity contribution in [2.24, 2.45) is 5.92 Å². The summed E-state index contributed by atoms with van der Waals surface area (Å²) in [6, 6.07) is 0. The number of aromatic nitrogens is 2. The molecular formula is C13H19N3O3. The summed E-state index contributed by atoms with van der Waals surface area (Å²) in [6.45, 7) is 1.87. The molecule has 0 aromatic carbocycles. The normalized spacial score (nSPS) is 22.7. The molecule has 1 aromatic heterocycles. The van der Waals surface area contributed by atoms with Gasteiger partial charge < -0.3 is 14.2 Å². The third-order valence-electron chi connectivity index (χ3n) is 3.74. The molecule has 0 bridgehead atoms. The van der Waals surface area contributed by atoms with Crippen molar-refractivity contribution in [3.63, 3.8) is 0 Å². The molecule has 1 aromatic rings. The Labute approximate surface area is 112 Å². The minimum absolute atomic E-state index is 0.0253. The first kappa shape index (κ1) is 12.6. The van der Waals surface area contributed by atoms with Crippen LogP contribution in [-0.4, -0.2) is 47.8 Å². The quantitative estimate of drug-likeness (QED) is 0.794. The molecule has 0 N–H and O–H groups in total. The van der Waals surface area contributed by atoms with E-state index in [0.29, 0.717) is 37.9 Å². The van der Waals surface area contributed by atoms with Crippen molar-refractivity contribution in [3.05, 3.63) is 11.7 Å². The molecule has 1 amide bonds. The predicted molar refractivity (Wildman–Crippen MR) is 66.5 cm³/mol. The molecule has 6 heteroatoms. The molecule has 0 radical (unpaired) electrons. The molecule has 19 heavy (non-hydrogen) atoms. The fraction of sp³-hybridized carbons (Fsp3) is 0.769. The first-order valence-electron chi connectivity index (χ1n) is 6.89. The van der Waals surface area contributed by atoms with Crippen LogP contribution in [0.25, 0.3) is 0 Å². The Balaban J connectivity index is 1.48. The van der Waals surface area contributed by atoms with Crippen LogP contribution in [0.1, 0.15) is 36.9 Å². The third kappa shape index (κ3) is 2.94. The molecule has 1 aliphatic heterocycles. The van der Waals surface area contributed by atoms with E-state index in [0.717, 1.165) is 25.2 Å². The highest BCUT2D eigenvalue weighted by Gasteiger charge is 2.30. The highest BCUT2D eigenvalue weighted by molar-refractivity contribution is 5.78. The summed E-state index contributed by atoms with van der Waals surface area (Å²) in [5.41, 5.74) is 0. The van der Waals surface area contributed by atoms with Gasteiger partial charge >= 0.3 is 0 Å². The maximum Gasteiger partial charge on any atom is 0.229 e. The lowest BCUT2D eigenvalue weighted by Gasteiger charge is -2.19. The van der Waals surface area contributed by atoms with Crippen molar-refractivity contribution in [1.29, 1.82) is 0 Å². The number of hydrogen-bond donors (Lipinski definition) is 0. The Morgan fingerprint density at radius 2 is 2.26 bits per heavy atom. The highest BCUT2D eigenvalue weighted by Crippen LogP contribution is 2.38. The molecule has 0 spiro atoms. The standard InChI is InChI=1S/C13H19N3O3/c1-16(13(17)10-5-7-18-8-10)6-4-11-14-12(19-15-11)9-2-3-9/h9-10H,2-8H2,1H3/t10-/m1/s1. The van der Waals surface area contributed by atoms with Gasteiger partial charge in [0.05, 0.1) is 12.5 Å². The Kier molecular flexibility index (Phi) is 3.50. The lowest BCUT2D eigenvalue weighted by Crippen LogP contribution is -2.34. The van der Waals surface area contributed by atoms with Crippen LogP contribution in [0.15, 0.2) is 4.52 Å². The van der Waals surface area contributed by atoms with Crippen LogP contribution in [0, 0.1) is 5.92 Å². The molecule has 0 unspecified atom stereocenters. The maximum absolute atomic E-state index is 12.1. The van der Waals surface area contributed by atoms with Gasteiger partial charge in [-0.05, 0) is 19.3 Å². The maximum atomic E-state index is 12.1. The number of amides is 1. The van der Waals surface area contributed by atoms with Crippen LogP contribution in [0.3, 0.4) is 0 Å². The average molecular weight is 265 g/mol. The largest absolute Gasteiger partial charge is 0.381 e. The van der Waals surface area contributed by atoms with Gasteiger partial charge in [0.15, 0.2) is 5.82 Å². The summed E-state index contributed by atoms with van der Waals surface area (Å²) in [4.78, 5) is 18.2. The van der Waals surface area contributed by atoms with E-state index in [4.69, 9.17) is 9.26 Å². The minimum Gasteiger partial charge on any atom is -0.381 e. The molecule has 6 nitrogen and oxygen atoms in total. The van der Waals surface area contributed by atoms with Crippen molar-refractivity contribution in [2.45, 2.75) is 31.6 Å². The molecule has 2 fully saturated rings. The number of ether oxygens (including phenoxy) is 1. The summed E-state index contributed by atoms with van der Waals surface area (Å²) >= 11 is 0. The zero-order valence-corrected chi connectivity index (χ0v) is 11.2. The van der Waals surface area contributed by atoms with Crippen LogP contribution < -0.4 is 0 Å². The van der Waals surface area contributed by atoms with Crippen molar-refractivity contribution < 1.29 is 14.1 Å². The first-order chi connectivity index (χ1) is 9.24. The van der Waals surface area contributed by atoms with Gasteiger partial charge in [0, 0.05) is 32.5 Å². The summed E-state index contributed by atoms with van der Waals surface area (Å²) in [5.74, 6) is 2.12. The van der Waals surface area contributed by atoms with E-state index in [1.165, 1.54) is 0 Å². The molecule has 3 rings (SSSR count). The molecular weight excluding hydrogens is 246 g/mol. The number of carbonyl (C=O) groups excluding carboxylic acids is 1. The van der Waals surface area contributed by atoms with Crippen LogP contribution in [-0.2, 0) is 16.0 Å². The fourth-order valence-corrected chi connectivity index (χ4v) is 2.28. The summed E-state index contributed by atoms with van der Waals surface area (Å²) in [7, 11) is 1.82. The van der Waals surface area contributed by atoms with E-state index in [1.54, 1.807) is 4.90 Å². The lowest BCUT2D eigenvalue weighted by atomic mass is 10.1. The highest BCUT2D eigenvalue weighted by atomic mass is 16.5. The zero-order valence-electron chi connectivity index (χ0n) is 11.2. The molecule has 2 aliphatic rings. The van der Waals surface area contributed by atoms with E-state index in [-0.39, 0.29) is 11.8 Å². The lowest BCUT2D eigenvalue weighted by molar-refractivity contribution is -0.134. The number of rotatable bonds is 5. The molecule has 1 saturated heterocycles. The third-order valence-corrected chi connectivity index (χ3v) is 3.74. The van der Waals surface area contributed by atoms with Gasteiger partial charge in [-0.15, -0.1) is 0 Å². The zero-order chi connectivity index (χ0) is 13.2. The van der Waals surface area contributed by atoms with Crippen LogP contribution >= 0.6 is 0 Å². The topological polar surface area (TPSA) is 68.5 Å². The van der Waals surface area contributed by atoms with Gasteiger partial charge in [-0.1, -0.05) is 5.16 Å². The van der Waals surface area contributed by atoms with E-state index in [9.17, 15) is 4.79 Å². The average Bonchev–Trinajstić information content (AvgIpc) is 2.96. The van der Waals surface area contributed by atoms with Gasteiger partial charge in [0.1, 0.15) is 0 Å². The smallest absolute Gasteiger partial charge is 0.229 e. The Morgan fingerprint density at radius 1 is 1.42 bits per heavy atom. The van der Waals surface area contributed by atoms with E-state index in [2.05, 4.69) is 10.1 Å². The van der Waals surface area contributed by atoms with Gasteiger partial charge in [-0.2, -0.15) is 4.98 Å². The van der Waals surface area contributed by atoms with Crippen LogP contribution in [0.4, 0.5) is 0 Å². The second-order valence-corrected chi connectivity index (χ2v) is 5.39. The molecule has 1 atom stereocenters. The van der Waals surface area contributed by atoms with Gasteiger partial charge in [0.2, 0.25) is 11.8 Å². The van der Waals surface area contributed by atoms with Crippen molar-refractivity contribution >= 4 is 5.91 Å². The van der Waals surface area contributed by atoms with Gasteiger partial charge in [-0.25, -0.2) is 0 Å². The van der Waals surface area contributed by atoms with Crippen molar-refractivity contribution in [3.8, 4) is 0 Å². The summed E-state index contributed by atoms with van der Waals surface area (Å²) in [5, 5.41) is 3.96. The van der Waals surface area contributed by atoms with Crippen molar-refractivity contribution in [2.75, 3.05) is 26.8 Å². The number of nitrogens with zero attached hydrogens (tertiary/aromatic N) is 3. The van der Waals surface area contributed by atoms with Crippen LogP contribution in [0.2, 0.25) is 0 Å². The summed E-state index contributed by atoms with van der Waals surface area (Å²) < 4.78 is 10.4. The van der Waals surface area contributed by atoms with Crippen LogP contribution in [0.5, 0.6) is 0 Å². The predicted octanol–water partition coefficient (Wildman–Crippen LogP) is 0.984. The molecule has 1 saturated carbocycles. The second-order valence-electron chi connectivity index (χ2n) is 5.39. The molecule has 2 heterocycles. The SMILES string of the molecule is CN(CCc1noc(C2CC2)n1)C(=O)[C@@H]1CCOC1. The number of carbonyl (C=O) groups is 1. The van der Waals surface area contributed by atoms with E-state index >= 15 is 0 Å². The second kappa shape index (κ2) is 5.28. The Morgan fingerprint density at radius 3 is 2.95 bits per heavy atom. The van der Waals surface area contributed by atoms with Crippen molar-refractivity contribution in [1.82, 2.24) is 15.0 Å². The Hall–Kier alpha value is -1.43. The van der Waals surface area contributed by atoms with E-state index < -0.39 is 0 Å². The summed E-state index contributed by atoms with van der Waals surface area (Å²) in [6.07, 6.45) is 3.78. The Bertz CT molecular complexity index is 450. The first-order valence-corrected chi connectivity index (χ1v) is 6.89. The van der Waals surface area contributed by atoms with Gasteiger partial charge in [0.25, 0.3) is 0 Å². The number of hydrogen-bond acceptors (Lipinski definition) is 5. The molecule has 104 valence electrons. The number of likely N-dealkylation sites (N-methyl/N-ethyl adjacent to an activating group) is 1. The fourth-order valence-electron chi connectivity index (χ4n) is 2.28. The van der Waals surface area contributed by atoms with E-state index in [1.807, 2.05) is 7.05 Å². The monoisotopic (exact) mass is 265 g/mol.